The van der Waals surface area contributed by atoms with Crippen molar-refractivity contribution in [2.75, 3.05) is 6.54 Å². The molecule has 6 nitrogen and oxygen atoms in total. The monoisotopic (exact) mass is 373 g/mol. The second-order valence-corrected chi connectivity index (χ2v) is 7.07. The van der Waals surface area contributed by atoms with Crippen molar-refractivity contribution in [3.05, 3.63) is 53.5 Å². The van der Waals surface area contributed by atoms with Gasteiger partial charge in [0.25, 0.3) is 5.91 Å². The van der Waals surface area contributed by atoms with E-state index < -0.39 is 5.97 Å². The van der Waals surface area contributed by atoms with Crippen LogP contribution in [-0.2, 0) is 9.59 Å². The van der Waals surface area contributed by atoms with Crippen molar-refractivity contribution in [1.29, 1.82) is 0 Å². The third-order valence-electron chi connectivity index (χ3n) is 3.64. The molecule has 0 unspecified atom stereocenters. The van der Waals surface area contributed by atoms with Crippen LogP contribution in [0, 0.1) is 0 Å². The quantitative estimate of drug-likeness (QED) is 0.620. The number of aliphatic carboxylic acids is 1. The number of nitrogens with zero attached hydrogens (tertiary/aromatic N) is 3. The number of imidazole rings is 1. The van der Waals surface area contributed by atoms with E-state index in [-0.39, 0.29) is 12.3 Å². The van der Waals surface area contributed by atoms with E-state index in [0.717, 1.165) is 11.3 Å². The summed E-state index contributed by atoms with van der Waals surface area (Å²) in [7, 11) is 0. The lowest BCUT2D eigenvalue weighted by atomic mass is 10.2. The van der Waals surface area contributed by atoms with Gasteiger partial charge >= 0.3 is 5.97 Å². The zero-order valence-electron chi connectivity index (χ0n) is 13.2. The molecule has 128 valence electrons. The van der Waals surface area contributed by atoms with Gasteiger partial charge in [0, 0.05) is 31.0 Å². The van der Waals surface area contributed by atoms with Crippen LogP contribution in [0.4, 0.5) is 0 Å². The van der Waals surface area contributed by atoms with Crippen LogP contribution < -0.4 is 0 Å². The fraction of sp³-hybridized carbons (Fsp3) is 0.176. The third-order valence-corrected chi connectivity index (χ3v) is 5.02. The van der Waals surface area contributed by atoms with Gasteiger partial charge in [-0.3, -0.25) is 14.5 Å². The highest BCUT2D eigenvalue weighted by molar-refractivity contribution is 8.26. The minimum Gasteiger partial charge on any atom is -0.481 e. The molecule has 1 aromatic carbocycles. The molecule has 1 amide bonds. The molecule has 0 aliphatic carbocycles. The van der Waals surface area contributed by atoms with Crippen LogP contribution in [0.3, 0.4) is 0 Å². The van der Waals surface area contributed by atoms with E-state index in [0.29, 0.717) is 22.2 Å². The van der Waals surface area contributed by atoms with Gasteiger partial charge in [-0.1, -0.05) is 36.1 Å². The smallest absolute Gasteiger partial charge is 0.303 e. The highest BCUT2D eigenvalue weighted by Gasteiger charge is 2.31. The number of thiocarbonyl (C=S) groups is 1. The molecule has 0 atom stereocenters. The van der Waals surface area contributed by atoms with Crippen molar-refractivity contribution in [3.63, 3.8) is 0 Å². The van der Waals surface area contributed by atoms with Crippen LogP contribution in [0.2, 0.25) is 0 Å². The summed E-state index contributed by atoms with van der Waals surface area (Å²) in [5.41, 5.74) is 1.88. The Labute approximate surface area is 154 Å². The predicted octanol–water partition coefficient (Wildman–Crippen LogP) is 2.94. The van der Waals surface area contributed by atoms with Gasteiger partial charge in [0.1, 0.15) is 4.32 Å². The lowest BCUT2D eigenvalue weighted by Gasteiger charge is -2.13. The molecule has 1 saturated heterocycles. The molecular weight excluding hydrogens is 358 g/mol. The Morgan fingerprint density at radius 3 is 2.72 bits per heavy atom. The van der Waals surface area contributed by atoms with Crippen molar-refractivity contribution in [2.45, 2.75) is 12.8 Å². The molecule has 2 aromatic rings. The van der Waals surface area contributed by atoms with E-state index in [2.05, 4.69) is 4.98 Å². The Bertz CT molecular complexity index is 829. The first-order chi connectivity index (χ1) is 12.0. The minimum absolute atomic E-state index is 0.0197. The summed E-state index contributed by atoms with van der Waals surface area (Å²) in [6.45, 7) is 0.327. The van der Waals surface area contributed by atoms with Crippen LogP contribution in [0.15, 0.2) is 47.9 Å². The summed E-state index contributed by atoms with van der Waals surface area (Å²) < 4.78 is 2.36. The van der Waals surface area contributed by atoms with Gasteiger partial charge in [-0.05, 0) is 30.2 Å². The van der Waals surface area contributed by atoms with Crippen molar-refractivity contribution in [3.8, 4) is 5.69 Å². The summed E-state index contributed by atoms with van der Waals surface area (Å²) in [6, 6.07) is 7.74. The van der Waals surface area contributed by atoms with E-state index in [4.69, 9.17) is 17.3 Å². The summed E-state index contributed by atoms with van der Waals surface area (Å²) in [5, 5.41) is 8.70. The molecule has 1 aliphatic rings. The van der Waals surface area contributed by atoms with Crippen molar-refractivity contribution in [1.82, 2.24) is 14.5 Å². The SMILES string of the molecule is O=C(O)CCCN1C(=O)/C(=C/c2ccc(-n3ccnc3)cc2)SC1=S. The summed E-state index contributed by atoms with van der Waals surface area (Å²) in [5.74, 6) is -1.04. The topological polar surface area (TPSA) is 75.4 Å². The summed E-state index contributed by atoms with van der Waals surface area (Å²) in [6.07, 6.45) is 7.49. The van der Waals surface area contributed by atoms with Gasteiger partial charge in [-0.25, -0.2) is 4.98 Å². The first kappa shape index (κ1) is 17.4. The zero-order chi connectivity index (χ0) is 17.8. The molecule has 25 heavy (non-hydrogen) atoms. The summed E-state index contributed by atoms with van der Waals surface area (Å²) in [4.78, 5) is 29.1. The van der Waals surface area contributed by atoms with Crippen molar-refractivity contribution in [2.24, 2.45) is 0 Å². The van der Waals surface area contributed by atoms with E-state index in [1.54, 1.807) is 18.6 Å². The van der Waals surface area contributed by atoms with Crippen LogP contribution in [0.25, 0.3) is 11.8 Å². The van der Waals surface area contributed by atoms with Crippen LogP contribution in [0.5, 0.6) is 0 Å². The highest BCUT2D eigenvalue weighted by Crippen LogP contribution is 2.32. The number of carbonyl (C=O) groups excluding carboxylic acids is 1. The standard InChI is InChI=1S/C17H15N3O3S2/c21-15(22)2-1-8-20-16(23)14(25-17(20)24)10-12-3-5-13(6-4-12)19-9-7-18-11-19/h3-7,9-11H,1-2,8H2,(H,21,22)/b14-10-. The number of hydrogen-bond donors (Lipinski definition) is 1. The van der Waals surface area contributed by atoms with E-state index >= 15 is 0 Å². The van der Waals surface area contributed by atoms with E-state index in [1.807, 2.05) is 35.0 Å². The molecule has 1 aliphatic heterocycles. The largest absolute Gasteiger partial charge is 0.481 e. The first-order valence-electron chi connectivity index (χ1n) is 7.60. The van der Waals surface area contributed by atoms with Gasteiger partial charge in [0.05, 0.1) is 11.2 Å². The van der Waals surface area contributed by atoms with Crippen molar-refractivity contribution >= 4 is 46.3 Å². The number of carboxylic acids is 1. The van der Waals surface area contributed by atoms with Crippen LogP contribution in [-0.4, -0.2) is 42.3 Å². The van der Waals surface area contributed by atoms with E-state index in [1.165, 1.54) is 16.7 Å². The Balaban J connectivity index is 1.70. The maximum absolute atomic E-state index is 12.4. The average molecular weight is 373 g/mol. The average Bonchev–Trinajstić information content (AvgIpc) is 3.20. The molecule has 0 spiro atoms. The number of rotatable bonds is 6. The van der Waals surface area contributed by atoms with E-state index in [9.17, 15) is 9.59 Å². The minimum atomic E-state index is -0.876. The Kier molecular flexibility index (Phi) is 5.30. The second-order valence-electron chi connectivity index (χ2n) is 5.39. The Morgan fingerprint density at radius 2 is 2.08 bits per heavy atom. The fourth-order valence-corrected chi connectivity index (χ4v) is 3.70. The lowest BCUT2D eigenvalue weighted by Crippen LogP contribution is -2.29. The molecule has 2 heterocycles. The molecular formula is C17H15N3O3S2. The number of aromatic nitrogens is 2. The van der Waals surface area contributed by atoms with Crippen LogP contribution >= 0.6 is 24.0 Å². The van der Waals surface area contributed by atoms with Gasteiger partial charge < -0.3 is 9.67 Å². The molecule has 1 fully saturated rings. The molecule has 1 aromatic heterocycles. The predicted molar refractivity (Wildman–Crippen MR) is 100 cm³/mol. The number of hydrogen-bond acceptors (Lipinski definition) is 5. The second kappa shape index (κ2) is 7.62. The summed E-state index contributed by atoms with van der Waals surface area (Å²) >= 11 is 6.48. The molecule has 1 N–H and O–H groups in total. The highest BCUT2D eigenvalue weighted by atomic mass is 32.2. The molecule has 3 rings (SSSR count). The zero-order valence-corrected chi connectivity index (χ0v) is 14.8. The molecule has 0 saturated carbocycles. The molecule has 0 radical (unpaired) electrons. The van der Waals surface area contributed by atoms with Gasteiger partial charge in [-0.15, -0.1) is 0 Å². The number of carboxylic acid groups (broad SMARTS) is 1. The maximum Gasteiger partial charge on any atom is 0.303 e. The normalized spacial score (nSPS) is 16.0. The maximum atomic E-state index is 12.4. The Morgan fingerprint density at radius 1 is 1.32 bits per heavy atom. The number of carbonyl (C=O) groups is 2. The third kappa shape index (κ3) is 4.15. The molecule has 0 bridgehead atoms. The van der Waals surface area contributed by atoms with Crippen molar-refractivity contribution < 1.29 is 14.7 Å². The lowest BCUT2D eigenvalue weighted by molar-refractivity contribution is -0.137. The molecule has 8 heteroatoms. The number of amides is 1. The van der Waals surface area contributed by atoms with Crippen LogP contribution in [0.1, 0.15) is 18.4 Å². The Hall–Kier alpha value is -2.45. The van der Waals surface area contributed by atoms with Gasteiger partial charge in [0.15, 0.2) is 0 Å². The van der Waals surface area contributed by atoms with Gasteiger partial charge in [-0.2, -0.15) is 0 Å². The fourth-order valence-electron chi connectivity index (χ4n) is 2.39. The first-order valence-corrected chi connectivity index (χ1v) is 8.82. The van der Waals surface area contributed by atoms with Gasteiger partial charge in [0.2, 0.25) is 0 Å². The number of thioether (sulfide) groups is 1. The number of benzene rings is 1.